The lowest BCUT2D eigenvalue weighted by Crippen LogP contribution is -2.11. The molecule has 1 saturated heterocycles. The molecule has 1 heterocycles. The normalized spacial score (nSPS) is 21.1. The van der Waals surface area contributed by atoms with Gasteiger partial charge in [0.05, 0.1) is 6.61 Å². The summed E-state index contributed by atoms with van der Waals surface area (Å²) in [6, 6.07) is 0.0381. The van der Waals surface area contributed by atoms with Crippen LogP contribution in [-0.2, 0) is 18.0 Å². The van der Waals surface area contributed by atoms with E-state index in [0.717, 1.165) is 69.8 Å². The molecule has 4 atom stereocenters. The minimum atomic E-state index is -5.14. The van der Waals surface area contributed by atoms with Gasteiger partial charge in [-0.25, -0.2) is 9.13 Å². The summed E-state index contributed by atoms with van der Waals surface area (Å²) in [5.41, 5.74) is 6.52. The summed E-state index contributed by atoms with van der Waals surface area (Å²) in [7, 11) is -10.0. The first-order valence-corrected chi connectivity index (χ1v) is 17.4. The Bertz CT molecular complexity index is 1020. The zero-order valence-electron chi connectivity index (χ0n) is 25.5. The van der Waals surface area contributed by atoms with E-state index in [4.69, 9.17) is 14.3 Å². The van der Waals surface area contributed by atoms with Gasteiger partial charge in [-0.05, 0) is 99.3 Å². The molecule has 0 aromatic rings. The number of rotatable bonds is 21. The molecule has 0 aliphatic carbocycles. The first kappa shape index (κ1) is 36.9. The standard InChI is InChI=1S/C30H53NO7P2/c1-24(2)14-11-17-26(5)16-9-8-10-21-29-30(23-37-40(35,36)38-39(32,33)34)31(29)22-28(7)20-13-19-27(6)18-12-15-25(3)4/h14-16,19,29-30H,7-13,17-18,20-23H2,1-6H3,(H,35,36)(H2,32,33,34)/b26-16+,27-19+/t29?,30-,31?/m0/s1. The van der Waals surface area contributed by atoms with Gasteiger partial charge in [-0.2, -0.15) is 4.31 Å². The van der Waals surface area contributed by atoms with Gasteiger partial charge in [-0.3, -0.25) is 9.42 Å². The highest BCUT2D eigenvalue weighted by atomic mass is 31.3. The maximum Gasteiger partial charge on any atom is 0.481 e. The second-order valence-electron chi connectivity index (χ2n) is 11.5. The number of nitrogens with zero attached hydrogens (tertiary/aromatic N) is 1. The SMILES string of the molecule is C=C(CC/C=C(\C)CCC=C(C)C)CN1C(CCCC/C=C(\C)CCC=C(C)C)[C@@H]1COP(=O)(O)OP(=O)(O)O. The zero-order chi connectivity index (χ0) is 30.3. The summed E-state index contributed by atoms with van der Waals surface area (Å²) in [6.45, 7) is 17.5. The number of phosphoric acid groups is 2. The summed E-state index contributed by atoms with van der Waals surface area (Å²) in [5, 5.41) is 0. The molecule has 0 radical (unpaired) electrons. The Labute approximate surface area is 242 Å². The maximum atomic E-state index is 12.0. The molecule has 0 saturated carbocycles. The second-order valence-corrected chi connectivity index (χ2v) is 14.3. The summed E-state index contributed by atoms with van der Waals surface area (Å²) in [6.07, 6.45) is 19.1. The van der Waals surface area contributed by atoms with Crippen molar-refractivity contribution < 1.29 is 32.6 Å². The summed E-state index contributed by atoms with van der Waals surface area (Å²) >= 11 is 0. The summed E-state index contributed by atoms with van der Waals surface area (Å²) < 4.78 is 31.8. The summed E-state index contributed by atoms with van der Waals surface area (Å²) in [4.78, 5) is 29.6. The van der Waals surface area contributed by atoms with Gasteiger partial charge >= 0.3 is 15.6 Å². The Kier molecular flexibility index (Phi) is 17.0. The molecular weight excluding hydrogens is 548 g/mol. The molecule has 3 unspecified atom stereocenters. The van der Waals surface area contributed by atoms with Gasteiger partial charge in [0.2, 0.25) is 0 Å². The quantitative estimate of drug-likeness (QED) is 0.0519. The molecule has 0 amide bonds. The van der Waals surface area contributed by atoms with E-state index in [9.17, 15) is 14.0 Å². The molecule has 0 aromatic heterocycles. The molecule has 0 aromatic carbocycles. The molecule has 1 rings (SSSR count). The van der Waals surface area contributed by atoms with E-state index < -0.39 is 15.6 Å². The number of unbranched alkanes of at least 4 members (excludes halogenated alkanes) is 2. The van der Waals surface area contributed by atoms with E-state index in [1.54, 1.807) is 0 Å². The lowest BCUT2D eigenvalue weighted by atomic mass is 10.1. The van der Waals surface area contributed by atoms with Gasteiger partial charge < -0.3 is 14.7 Å². The molecule has 1 aliphatic rings. The molecule has 8 nitrogen and oxygen atoms in total. The van der Waals surface area contributed by atoms with E-state index in [2.05, 4.69) is 81.6 Å². The van der Waals surface area contributed by atoms with Crippen molar-refractivity contribution in [1.29, 1.82) is 0 Å². The van der Waals surface area contributed by atoms with E-state index in [0.29, 0.717) is 6.54 Å². The highest BCUT2D eigenvalue weighted by Gasteiger charge is 2.48. The van der Waals surface area contributed by atoms with Crippen molar-refractivity contribution in [3.05, 3.63) is 58.7 Å². The molecule has 40 heavy (non-hydrogen) atoms. The van der Waals surface area contributed by atoms with Crippen LogP contribution in [0.2, 0.25) is 0 Å². The fourth-order valence-corrected chi connectivity index (χ4v) is 6.21. The Hall–Kier alpha value is -1.08. The van der Waals surface area contributed by atoms with Crippen molar-refractivity contribution in [1.82, 2.24) is 4.90 Å². The Balaban J connectivity index is 2.59. The van der Waals surface area contributed by atoms with E-state index in [-0.39, 0.29) is 18.7 Å². The largest absolute Gasteiger partial charge is 0.481 e. The molecule has 0 spiro atoms. The fraction of sp³-hybridized carbons (Fsp3) is 0.667. The predicted molar refractivity (Wildman–Crippen MR) is 165 cm³/mol. The van der Waals surface area contributed by atoms with Crippen LogP contribution in [-0.4, -0.2) is 44.8 Å². The number of allylic oxidation sites excluding steroid dienone is 8. The van der Waals surface area contributed by atoms with E-state index in [1.165, 1.54) is 22.3 Å². The third-order valence-electron chi connectivity index (χ3n) is 6.85. The van der Waals surface area contributed by atoms with Crippen LogP contribution in [0.3, 0.4) is 0 Å². The molecule has 3 N–H and O–H groups in total. The number of hydrogen-bond donors (Lipinski definition) is 3. The fourth-order valence-electron chi connectivity index (χ4n) is 4.61. The number of hydrogen-bond acceptors (Lipinski definition) is 5. The van der Waals surface area contributed by atoms with Gasteiger partial charge in [-0.15, -0.1) is 0 Å². The highest BCUT2D eigenvalue weighted by molar-refractivity contribution is 7.60. The van der Waals surface area contributed by atoms with Crippen molar-refractivity contribution in [3.8, 4) is 0 Å². The Morgan fingerprint density at radius 3 is 1.82 bits per heavy atom. The van der Waals surface area contributed by atoms with Crippen molar-refractivity contribution in [2.75, 3.05) is 13.2 Å². The van der Waals surface area contributed by atoms with Crippen LogP contribution < -0.4 is 0 Å². The first-order chi connectivity index (χ1) is 18.6. The van der Waals surface area contributed by atoms with Crippen molar-refractivity contribution in [2.24, 2.45) is 0 Å². The van der Waals surface area contributed by atoms with Crippen molar-refractivity contribution in [2.45, 2.75) is 118 Å². The Morgan fingerprint density at radius 1 is 0.775 bits per heavy atom. The van der Waals surface area contributed by atoms with Crippen LogP contribution in [0.15, 0.2) is 58.7 Å². The molecule has 0 bridgehead atoms. The molecular formula is C30H53NO7P2. The minimum absolute atomic E-state index is 0.125. The second kappa shape index (κ2) is 18.5. The molecule has 1 fully saturated rings. The molecule has 1 aliphatic heterocycles. The summed E-state index contributed by atoms with van der Waals surface area (Å²) in [5.74, 6) is 0. The van der Waals surface area contributed by atoms with Crippen LogP contribution in [0, 0.1) is 0 Å². The average molecular weight is 602 g/mol. The topological polar surface area (TPSA) is 116 Å². The van der Waals surface area contributed by atoms with Gasteiger partial charge in [0.25, 0.3) is 0 Å². The van der Waals surface area contributed by atoms with Gasteiger partial charge in [0, 0.05) is 18.6 Å². The monoisotopic (exact) mass is 601 g/mol. The van der Waals surface area contributed by atoms with Crippen molar-refractivity contribution >= 4 is 15.6 Å². The predicted octanol–water partition coefficient (Wildman–Crippen LogP) is 8.55. The minimum Gasteiger partial charge on any atom is -0.302 e. The smallest absolute Gasteiger partial charge is 0.302 e. The third kappa shape index (κ3) is 18.4. The van der Waals surface area contributed by atoms with Crippen LogP contribution in [0.4, 0.5) is 0 Å². The van der Waals surface area contributed by atoms with Gasteiger partial charge in [0.15, 0.2) is 0 Å². The highest BCUT2D eigenvalue weighted by Crippen LogP contribution is 2.58. The maximum absolute atomic E-state index is 12.0. The van der Waals surface area contributed by atoms with Crippen molar-refractivity contribution in [3.63, 3.8) is 0 Å². The first-order valence-electron chi connectivity index (χ1n) is 14.3. The third-order valence-corrected chi connectivity index (χ3v) is 9.00. The lowest BCUT2D eigenvalue weighted by Gasteiger charge is -2.12. The zero-order valence-corrected chi connectivity index (χ0v) is 27.3. The number of phosphoric ester groups is 1. The van der Waals surface area contributed by atoms with Gasteiger partial charge in [0.1, 0.15) is 0 Å². The van der Waals surface area contributed by atoms with Crippen LogP contribution >= 0.6 is 15.6 Å². The average Bonchev–Trinajstić information content (AvgIpc) is 3.45. The van der Waals surface area contributed by atoms with E-state index >= 15 is 0 Å². The lowest BCUT2D eigenvalue weighted by molar-refractivity contribution is 0.174. The van der Waals surface area contributed by atoms with E-state index in [1.807, 2.05) is 0 Å². The van der Waals surface area contributed by atoms with Crippen LogP contribution in [0.25, 0.3) is 0 Å². The molecule has 230 valence electrons. The Morgan fingerprint density at radius 2 is 1.30 bits per heavy atom. The van der Waals surface area contributed by atoms with Crippen LogP contribution in [0.1, 0.15) is 106 Å². The van der Waals surface area contributed by atoms with Gasteiger partial charge in [-0.1, -0.05) is 65.2 Å². The van der Waals surface area contributed by atoms with Crippen LogP contribution in [0.5, 0.6) is 0 Å². The molecule has 10 heteroatoms.